The Balaban J connectivity index is 1.49. The quantitative estimate of drug-likeness (QED) is 0.607. The molecule has 1 fully saturated rings. The van der Waals surface area contributed by atoms with Crippen molar-refractivity contribution in [2.45, 2.75) is 31.2 Å². The van der Waals surface area contributed by atoms with E-state index in [0.29, 0.717) is 37.5 Å². The highest BCUT2D eigenvalue weighted by molar-refractivity contribution is 5.97. The lowest BCUT2D eigenvalue weighted by Gasteiger charge is -2.29. The van der Waals surface area contributed by atoms with Gasteiger partial charge < -0.3 is 20.5 Å². The minimum absolute atomic E-state index is 0.0355. The first-order valence-electron chi connectivity index (χ1n) is 11.4. The van der Waals surface area contributed by atoms with E-state index in [4.69, 9.17) is 15.2 Å². The summed E-state index contributed by atoms with van der Waals surface area (Å²) in [5, 5.41) is 3.07. The molecule has 1 saturated heterocycles. The smallest absolute Gasteiger partial charge is 0.270 e. The number of primary amides is 1. The molecule has 2 aliphatic rings. The van der Waals surface area contributed by atoms with Crippen molar-refractivity contribution >= 4 is 11.8 Å². The number of carbonyl (C=O) groups is 2. The minimum Gasteiger partial charge on any atom is -0.493 e. The molecule has 1 aromatic carbocycles. The maximum atomic E-state index is 13.2. The second kappa shape index (κ2) is 9.61. The van der Waals surface area contributed by atoms with Crippen molar-refractivity contribution in [1.29, 1.82) is 0 Å². The number of carbonyl (C=O) groups excluding carboxylic acids is 2. The van der Waals surface area contributed by atoms with Crippen LogP contribution in [0.4, 0.5) is 0 Å². The van der Waals surface area contributed by atoms with Crippen molar-refractivity contribution in [2.24, 2.45) is 5.73 Å². The predicted octanol–water partition coefficient (Wildman–Crippen LogP) is 2.87. The Labute approximate surface area is 197 Å². The highest BCUT2D eigenvalue weighted by atomic mass is 16.5. The summed E-state index contributed by atoms with van der Waals surface area (Å²) in [6.45, 7) is 1.61. The van der Waals surface area contributed by atoms with Crippen LogP contribution in [0.3, 0.4) is 0 Å². The van der Waals surface area contributed by atoms with Gasteiger partial charge in [-0.25, -0.2) is 4.98 Å². The van der Waals surface area contributed by atoms with Gasteiger partial charge in [-0.15, -0.1) is 0 Å². The molecule has 1 atom stereocenters. The predicted molar refractivity (Wildman–Crippen MR) is 126 cm³/mol. The first-order valence-corrected chi connectivity index (χ1v) is 11.4. The molecular weight excluding hydrogens is 432 g/mol. The number of nitrogens with zero attached hydrogens (tertiary/aromatic N) is 2. The van der Waals surface area contributed by atoms with E-state index in [1.165, 1.54) is 6.20 Å². The Morgan fingerprint density at radius 2 is 1.88 bits per heavy atom. The van der Waals surface area contributed by atoms with Crippen molar-refractivity contribution in [3.63, 3.8) is 0 Å². The zero-order valence-electron chi connectivity index (χ0n) is 18.7. The molecular formula is C26H26N4O4. The van der Waals surface area contributed by atoms with Crippen LogP contribution in [-0.2, 0) is 11.2 Å². The Morgan fingerprint density at radius 3 is 2.65 bits per heavy atom. The van der Waals surface area contributed by atoms with E-state index < -0.39 is 5.91 Å². The van der Waals surface area contributed by atoms with Gasteiger partial charge >= 0.3 is 0 Å². The van der Waals surface area contributed by atoms with Crippen molar-refractivity contribution in [3.8, 4) is 16.9 Å². The standard InChI is InChI=1S/C26H26N4O4/c27-25(31)17-12-21(24(29-14-17)26(32)30-19-6-10-33-11-7-19)18-13-22-20(16-4-8-28-9-5-16)2-1-3-23(22)34-15-18/h1-5,8-9,12,14,18-19H,6-7,10-11,13,15H2,(H2,27,31)(H,30,32)/t18-/m1/s1. The molecule has 0 bridgehead atoms. The maximum absolute atomic E-state index is 13.2. The summed E-state index contributed by atoms with van der Waals surface area (Å²) in [5.41, 5.74) is 9.91. The maximum Gasteiger partial charge on any atom is 0.270 e. The Bertz CT molecular complexity index is 1210. The monoisotopic (exact) mass is 458 g/mol. The van der Waals surface area contributed by atoms with Gasteiger partial charge in [0.15, 0.2) is 0 Å². The van der Waals surface area contributed by atoms with Crippen molar-refractivity contribution < 1.29 is 19.1 Å². The number of amides is 2. The largest absolute Gasteiger partial charge is 0.493 e. The number of hydrogen-bond donors (Lipinski definition) is 2. The van der Waals surface area contributed by atoms with E-state index in [2.05, 4.69) is 21.4 Å². The fourth-order valence-corrected chi connectivity index (χ4v) is 4.62. The average Bonchev–Trinajstić information content (AvgIpc) is 2.88. The summed E-state index contributed by atoms with van der Waals surface area (Å²) in [7, 11) is 0. The zero-order valence-corrected chi connectivity index (χ0v) is 18.7. The van der Waals surface area contributed by atoms with E-state index in [-0.39, 0.29) is 23.4 Å². The summed E-state index contributed by atoms with van der Waals surface area (Å²) in [4.78, 5) is 33.6. The Hall–Kier alpha value is -3.78. The second-order valence-electron chi connectivity index (χ2n) is 8.62. The van der Waals surface area contributed by atoms with Gasteiger partial charge in [0.05, 0.1) is 12.2 Å². The van der Waals surface area contributed by atoms with Crippen LogP contribution in [0.1, 0.15) is 50.7 Å². The topological polar surface area (TPSA) is 116 Å². The molecule has 0 radical (unpaired) electrons. The third-order valence-corrected chi connectivity index (χ3v) is 6.43. The highest BCUT2D eigenvalue weighted by Gasteiger charge is 2.29. The minimum atomic E-state index is -0.584. The molecule has 174 valence electrons. The van der Waals surface area contributed by atoms with Crippen LogP contribution in [0.2, 0.25) is 0 Å². The number of fused-ring (bicyclic) bond motifs is 1. The van der Waals surface area contributed by atoms with Crippen LogP contribution in [0.5, 0.6) is 5.75 Å². The number of hydrogen-bond acceptors (Lipinski definition) is 6. The van der Waals surface area contributed by atoms with Gasteiger partial charge in [-0.2, -0.15) is 0 Å². The van der Waals surface area contributed by atoms with Crippen LogP contribution in [0, 0.1) is 0 Å². The number of rotatable bonds is 5. The summed E-state index contributed by atoms with van der Waals surface area (Å²) >= 11 is 0. The van der Waals surface area contributed by atoms with E-state index in [1.54, 1.807) is 18.5 Å². The first kappa shape index (κ1) is 22.0. The first-order chi connectivity index (χ1) is 16.6. The number of nitrogens with one attached hydrogen (secondary N) is 1. The van der Waals surface area contributed by atoms with Gasteiger partial charge in [-0.1, -0.05) is 12.1 Å². The molecule has 3 N–H and O–H groups in total. The Morgan fingerprint density at radius 1 is 1.09 bits per heavy atom. The van der Waals surface area contributed by atoms with Gasteiger partial charge in [0.1, 0.15) is 11.4 Å². The molecule has 2 aromatic heterocycles. The van der Waals surface area contributed by atoms with Crippen molar-refractivity contribution in [1.82, 2.24) is 15.3 Å². The van der Waals surface area contributed by atoms with Gasteiger partial charge in [0, 0.05) is 49.3 Å². The second-order valence-corrected chi connectivity index (χ2v) is 8.62. The summed E-state index contributed by atoms with van der Waals surface area (Å²) in [6.07, 6.45) is 7.04. The lowest BCUT2D eigenvalue weighted by atomic mass is 9.85. The molecule has 2 aliphatic heterocycles. The third kappa shape index (κ3) is 4.49. The van der Waals surface area contributed by atoms with E-state index in [0.717, 1.165) is 35.3 Å². The number of nitrogens with two attached hydrogens (primary N) is 1. The molecule has 34 heavy (non-hydrogen) atoms. The van der Waals surface area contributed by atoms with Crippen molar-refractivity contribution in [3.05, 3.63) is 77.4 Å². The average molecular weight is 459 g/mol. The number of ether oxygens (including phenoxy) is 2. The summed E-state index contributed by atoms with van der Waals surface area (Å²) in [6, 6.07) is 11.6. The molecule has 0 saturated carbocycles. The molecule has 4 heterocycles. The molecule has 2 amide bonds. The molecule has 5 rings (SSSR count). The fraction of sp³-hybridized carbons (Fsp3) is 0.308. The normalized spacial score (nSPS) is 17.9. The lowest BCUT2D eigenvalue weighted by Crippen LogP contribution is -2.40. The molecule has 3 aromatic rings. The van der Waals surface area contributed by atoms with E-state index >= 15 is 0 Å². The van der Waals surface area contributed by atoms with Crippen LogP contribution < -0.4 is 15.8 Å². The van der Waals surface area contributed by atoms with Gasteiger partial charge in [0.2, 0.25) is 5.91 Å². The number of benzene rings is 1. The SMILES string of the molecule is NC(=O)c1cnc(C(=O)NC2CCOCC2)c([C@H]2COc3cccc(-c4ccncc4)c3C2)c1. The zero-order chi connectivity index (χ0) is 23.5. The van der Waals surface area contributed by atoms with Crippen LogP contribution >= 0.6 is 0 Å². The molecule has 0 spiro atoms. The summed E-state index contributed by atoms with van der Waals surface area (Å²) in [5.74, 6) is -0.193. The van der Waals surface area contributed by atoms with E-state index in [1.807, 2.05) is 24.3 Å². The summed E-state index contributed by atoms with van der Waals surface area (Å²) < 4.78 is 11.5. The third-order valence-electron chi connectivity index (χ3n) is 6.43. The lowest BCUT2D eigenvalue weighted by molar-refractivity contribution is 0.0693. The van der Waals surface area contributed by atoms with E-state index in [9.17, 15) is 9.59 Å². The fourth-order valence-electron chi connectivity index (χ4n) is 4.62. The van der Waals surface area contributed by atoms with Crippen LogP contribution in [-0.4, -0.2) is 47.6 Å². The van der Waals surface area contributed by atoms with Gasteiger partial charge in [-0.05, 0) is 60.2 Å². The number of pyridine rings is 2. The van der Waals surface area contributed by atoms with Crippen LogP contribution in [0.25, 0.3) is 11.1 Å². The molecule has 0 aliphatic carbocycles. The van der Waals surface area contributed by atoms with Crippen LogP contribution in [0.15, 0.2) is 55.0 Å². The highest BCUT2D eigenvalue weighted by Crippen LogP contribution is 2.39. The Kier molecular flexibility index (Phi) is 6.22. The molecule has 8 nitrogen and oxygen atoms in total. The molecule has 8 heteroatoms. The number of aromatic nitrogens is 2. The van der Waals surface area contributed by atoms with Gasteiger partial charge in [0.25, 0.3) is 5.91 Å². The van der Waals surface area contributed by atoms with Gasteiger partial charge in [-0.3, -0.25) is 14.6 Å². The molecule has 0 unspecified atom stereocenters. The van der Waals surface area contributed by atoms with Crippen molar-refractivity contribution in [2.75, 3.05) is 19.8 Å².